The van der Waals surface area contributed by atoms with E-state index in [4.69, 9.17) is 4.74 Å². The van der Waals surface area contributed by atoms with Crippen molar-refractivity contribution in [3.05, 3.63) is 46.8 Å². The molecule has 1 aliphatic heterocycles. The van der Waals surface area contributed by atoms with Crippen LogP contribution in [0.25, 0.3) is 0 Å². The molecule has 1 atom stereocenters. The Kier molecular flexibility index (Phi) is 6.64. The van der Waals surface area contributed by atoms with Gasteiger partial charge in [-0.2, -0.15) is 0 Å². The van der Waals surface area contributed by atoms with Crippen LogP contribution >= 0.6 is 0 Å². The fraction of sp³-hybridized carbons (Fsp3) is 0.524. The normalized spacial score (nSPS) is 19.2. The van der Waals surface area contributed by atoms with Crippen LogP contribution < -0.4 is 5.32 Å². The Labute approximate surface area is 170 Å². The van der Waals surface area contributed by atoms with E-state index in [1.165, 1.54) is 0 Å². The van der Waals surface area contributed by atoms with E-state index < -0.39 is 5.41 Å². The lowest BCUT2D eigenvalue weighted by Gasteiger charge is -2.39. The number of hydrogen-bond donors (Lipinski definition) is 1. The standard InChI is InChI=1S/C21H28N4O4/c1-15-18(24-29-23-15)11-19(26)25-10-6-9-21(2,14-25)20(27)22-12-16-7-4-5-8-17(16)13-28-3/h4-5,7-8H,6,9-14H2,1-3H3,(H,22,27)/t21-/m1/s1. The molecule has 1 N–H and O–H groups in total. The van der Waals surface area contributed by atoms with Gasteiger partial charge in [-0.15, -0.1) is 0 Å². The SMILES string of the molecule is COCc1ccccc1CNC(=O)[C@]1(C)CCCN(C(=O)Cc2nonc2C)C1. The summed E-state index contributed by atoms with van der Waals surface area (Å²) < 4.78 is 9.90. The molecule has 0 unspecified atom stereocenters. The van der Waals surface area contributed by atoms with Crippen molar-refractivity contribution in [3.63, 3.8) is 0 Å². The highest BCUT2D eigenvalue weighted by atomic mass is 16.6. The number of nitrogens with zero attached hydrogens (tertiary/aromatic N) is 3. The summed E-state index contributed by atoms with van der Waals surface area (Å²) in [6.07, 6.45) is 1.66. The summed E-state index contributed by atoms with van der Waals surface area (Å²) in [5, 5.41) is 10.6. The van der Waals surface area contributed by atoms with E-state index in [-0.39, 0.29) is 18.2 Å². The Morgan fingerprint density at radius 3 is 2.72 bits per heavy atom. The molecule has 8 heteroatoms. The molecule has 29 heavy (non-hydrogen) atoms. The highest BCUT2D eigenvalue weighted by molar-refractivity contribution is 5.84. The zero-order valence-corrected chi connectivity index (χ0v) is 17.2. The molecule has 1 saturated heterocycles. The largest absolute Gasteiger partial charge is 0.380 e. The van der Waals surface area contributed by atoms with E-state index in [9.17, 15) is 9.59 Å². The molecule has 0 aliphatic carbocycles. The number of hydrogen-bond acceptors (Lipinski definition) is 6. The van der Waals surface area contributed by atoms with Crippen LogP contribution in [-0.4, -0.2) is 47.2 Å². The minimum Gasteiger partial charge on any atom is -0.380 e. The van der Waals surface area contributed by atoms with Crippen molar-refractivity contribution in [3.8, 4) is 0 Å². The van der Waals surface area contributed by atoms with E-state index in [1.807, 2.05) is 31.2 Å². The first-order valence-corrected chi connectivity index (χ1v) is 9.83. The summed E-state index contributed by atoms with van der Waals surface area (Å²) in [7, 11) is 1.65. The first-order chi connectivity index (χ1) is 13.9. The predicted octanol–water partition coefficient (Wildman–Crippen LogP) is 2.01. The molecule has 0 spiro atoms. The lowest BCUT2D eigenvalue weighted by molar-refractivity contribution is -0.140. The van der Waals surface area contributed by atoms with E-state index in [2.05, 4.69) is 20.3 Å². The Morgan fingerprint density at radius 1 is 1.28 bits per heavy atom. The Bertz CT molecular complexity index is 866. The first kappa shape index (κ1) is 21.0. The molecule has 2 amide bonds. The molecule has 0 bridgehead atoms. The van der Waals surface area contributed by atoms with Gasteiger partial charge in [0.05, 0.1) is 18.4 Å². The van der Waals surface area contributed by atoms with E-state index in [0.717, 1.165) is 24.0 Å². The van der Waals surface area contributed by atoms with Crippen LogP contribution in [0.3, 0.4) is 0 Å². The second-order valence-corrected chi connectivity index (χ2v) is 7.84. The topological polar surface area (TPSA) is 97.6 Å². The number of amides is 2. The second-order valence-electron chi connectivity index (χ2n) is 7.84. The maximum atomic E-state index is 13.0. The van der Waals surface area contributed by atoms with E-state index in [1.54, 1.807) is 18.9 Å². The average Bonchev–Trinajstić information content (AvgIpc) is 3.11. The minimum absolute atomic E-state index is 0.0403. The third-order valence-corrected chi connectivity index (χ3v) is 5.52. The Hall–Kier alpha value is -2.74. The number of aromatic nitrogens is 2. The van der Waals surface area contributed by atoms with Gasteiger partial charge in [-0.05, 0) is 37.8 Å². The highest BCUT2D eigenvalue weighted by Gasteiger charge is 2.39. The van der Waals surface area contributed by atoms with Gasteiger partial charge in [0.25, 0.3) is 0 Å². The molecule has 156 valence electrons. The van der Waals surface area contributed by atoms with Crippen LogP contribution in [0.2, 0.25) is 0 Å². The molecular weight excluding hydrogens is 372 g/mol. The molecule has 0 saturated carbocycles. The van der Waals surface area contributed by atoms with Crippen molar-refractivity contribution < 1.29 is 19.0 Å². The van der Waals surface area contributed by atoms with Gasteiger partial charge in [0.1, 0.15) is 11.4 Å². The molecule has 8 nitrogen and oxygen atoms in total. The van der Waals surface area contributed by atoms with Crippen molar-refractivity contribution in [2.24, 2.45) is 5.41 Å². The van der Waals surface area contributed by atoms with Crippen LogP contribution in [0.4, 0.5) is 0 Å². The van der Waals surface area contributed by atoms with Crippen molar-refractivity contribution >= 4 is 11.8 Å². The van der Waals surface area contributed by atoms with Crippen molar-refractivity contribution in [1.82, 2.24) is 20.5 Å². The molecule has 1 aromatic heterocycles. The third kappa shape index (κ3) is 5.00. The number of piperidine rings is 1. The third-order valence-electron chi connectivity index (χ3n) is 5.52. The molecule has 1 aliphatic rings. The Morgan fingerprint density at radius 2 is 2.03 bits per heavy atom. The zero-order valence-electron chi connectivity index (χ0n) is 17.2. The number of aryl methyl sites for hydroxylation is 1. The molecular formula is C21H28N4O4. The number of likely N-dealkylation sites (tertiary alicyclic amines) is 1. The molecule has 1 fully saturated rings. The summed E-state index contributed by atoms with van der Waals surface area (Å²) in [6.45, 7) is 5.65. The van der Waals surface area contributed by atoms with Crippen molar-refractivity contribution in [2.75, 3.05) is 20.2 Å². The van der Waals surface area contributed by atoms with Crippen LogP contribution in [0, 0.1) is 12.3 Å². The number of methoxy groups -OCH3 is 1. The number of ether oxygens (including phenoxy) is 1. The molecule has 2 aromatic rings. The fourth-order valence-corrected chi connectivity index (χ4v) is 3.72. The quantitative estimate of drug-likeness (QED) is 0.764. The van der Waals surface area contributed by atoms with Crippen LogP contribution in [0.1, 0.15) is 42.3 Å². The van der Waals surface area contributed by atoms with Gasteiger partial charge in [-0.1, -0.05) is 34.6 Å². The predicted molar refractivity (Wildman–Crippen MR) is 106 cm³/mol. The van der Waals surface area contributed by atoms with Gasteiger partial charge in [-0.3, -0.25) is 9.59 Å². The maximum Gasteiger partial charge on any atom is 0.228 e. The maximum absolute atomic E-state index is 13.0. The van der Waals surface area contributed by atoms with Gasteiger partial charge in [0, 0.05) is 26.7 Å². The number of carbonyl (C=O) groups is 2. The smallest absolute Gasteiger partial charge is 0.228 e. The monoisotopic (exact) mass is 400 g/mol. The fourth-order valence-electron chi connectivity index (χ4n) is 3.72. The van der Waals surface area contributed by atoms with Crippen molar-refractivity contribution in [2.45, 2.75) is 46.3 Å². The highest BCUT2D eigenvalue weighted by Crippen LogP contribution is 2.30. The molecule has 3 rings (SSSR count). The average molecular weight is 400 g/mol. The molecule has 0 radical (unpaired) electrons. The van der Waals surface area contributed by atoms with Crippen LogP contribution in [0.15, 0.2) is 28.9 Å². The number of carbonyl (C=O) groups excluding carboxylic acids is 2. The second kappa shape index (κ2) is 9.17. The minimum atomic E-state index is -0.624. The lowest BCUT2D eigenvalue weighted by atomic mass is 9.80. The number of benzene rings is 1. The number of rotatable bonds is 7. The summed E-state index contributed by atoms with van der Waals surface area (Å²) >= 11 is 0. The van der Waals surface area contributed by atoms with E-state index >= 15 is 0 Å². The first-order valence-electron chi connectivity index (χ1n) is 9.83. The van der Waals surface area contributed by atoms with Crippen LogP contribution in [-0.2, 0) is 33.9 Å². The molecule has 2 heterocycles. The van der Waals surface area contributed by atoms with Gasteiger partial charge < -0.3 is 15.0 Å². The van der Waals surface area contributed by atoms with E-state index in [0.29, 0.717) is 37.6 Å². The van der Waals surface area contributed by atoms with Gasteiger partial charge >= 0.3 is 0 Å². The van der Waals surface area contributed by atoms with Crippen LogP contribution in [0.5, 0.6) is 0 Å². The summed E-state index contributed by atoms with van der Waals surface area (Å²) in [4.78, 5) is 27.4. The number of nitrogens with one attached hydrogen (secondary N) is 1. The lowest BCUT2D eigenvalue weighted by Crippen LogP contribution is -2.52. The summed E-state index contributed by atoms with van der Waals surface area (Å²) in [5.74, 6) is -0.102. The Balaban J connectivity index is 1.61. The summed E-state index contributed by atoms with van der Waals surface area (Å²) in [5.41, 5.74) is 2.62. The van der Waals surface area contributed by atoms with Crippen molar-refractivity contribution in [1.29, 1.82) is 0 Å². The summed E-state index contributed by atoms with van der Waals surface area (Å²) in [6, 6.07) is 7.89. The van der Waals surface area contributed by atoms with Gasteiger partial charge in [0.15, 0.2) is 0 Å². The van der Waals surface area contributed by atoms with Gasteiger partial charge in [0.2, 0.25) is 11.8 Å². The van der Waals surface area contributed by atoms with Gasteiger partial charge in [-0.25, -0.2) is 4.63 Å². The molecule has 1 aromatic carbocycles. The zero-order chi connectivity index (χ0) is 20.9.